The Morgan fingerprint density at radius 3 is 1.56 bits per heavy atom. The molecule has 0 aliphatic carbocycles. The van der Waals surface area contributed by atoms with Crippen molar-refractivity contribution >= 4 is 143 Å². The molecule has 1 aromatic rings. The summed E-state index contributed by atoms with van der Waals surface area (Å²) in [5.74, 6) is 0. The summed E-state index contributed by atoms with van der Waals surface area (Å²) in [6, 6.07) is 10.1. The number of hydrogen-bond acceptors (Lipinski definition) is 3. The fourth-order valence-corrected chi connectivity index (χ4v) is 0.605. The van der Waals surface area contributed by atoms with Crippen molar-refractivity contribution in [2.75, 3.05) is 12.4 Å². The van der Waals surface area contributed by atoms with E-state index in [4.69, 9.17) is 17.5 Å². The van der Waals surface area contributed by atoms with E-state index in [0.717, 1.165) is 5.69 Å². The van der Waals surface area contributed by atoms with Crippen molar-refractivity contribution in [2.45, 2.75) is 0 Å². The van der Waals surface area contributed by atoms with E-state index in [1.807, 2.05) is 37.4 Å². The zero-order chi connectivity index (χ0) is 10.3. The molecule has 0 amide bonds. The molecule has 0 saturated heterocycles. The SMILES string of the molecule is CNc1ccccc1.I.O=S(=O)(O)O.[KH].[KH]. The molecule has 0 spiro atoms. The third kappa shape index (κ3) is 25.7. The molecule has 0 unspecified atom stereocenters. The molecule has 3 N–H and O–H groups in total. The third-order valence-corrected chi connectivity index (χ3v) is 1.06. The second-order valence-corrected chi connectivity index (χ2v) is 2.96. The van der Waals surface area contributed by atoms with E-state index in [1.165, 1.54) is 0 Å². The van der Waals surface area contributed by atoms with Gasteiger partial charge in [0.25, 0.3) is 0 Å². The van der Waals surface area contributed by atoms with Crippen molar-refractivity contribution in [3.8, 4) is 0 Å². The number of halogens is 1. The van der Waals surface area contributed by atoms with Crippen LogP contribution in [0, 0.1) is 0 Å². The molecule has 0 aliphatic heterocycles. The minimum atomic E-state index is -4.67. The molecule has 5 nitrogen and oxygen atoms in total. The van der Waals surface area contributed by atoms with Crippen molar-refractivity contribution < 1.29 is 17.5 Å². The number of hydrogen-bond donors (Lipinski definition) is 3. The van der Waals surface area contributed by atoms with Gasteiger partial charge < -0.3 is 5.32 Å². The van der Waals surface area contributed by atoms with Crippen LogP contribution in [0.25, 0.3) is 0 Å². The Morgan fingerprint density at radius 2 is 1.38 bits per heavy atom. The number of nitrogens with one attached hydrogen (secondary N) is 1. The van der Waals surface area contributed by atoms with Gasteiger partial charge in [-0.1, -0.05) is 18.2 Å². The van der Waals surface area contributed by atoms with Crippen LogP contribution in [-0.4, -0.2) is 127 Å². The van der Waals surface area contributed by atoms with Gasteiger partial charge in [0.2, 0.25) is 0 Å². The molecule has 0 aliphatic rings. The number of benzene rings is 1. The van der Waals surface area contributed by atoms with Crippen molar-refractivity contribution in [1.29, 1.82) is 0 Å². The maximum absolute atomic E-state index is 8.74. The van der Waals surface area contributed by atoms with E-state index < -0.39 is 10.4 Å². The molecule has 86 valence electrons. The van der Waals surface area contributed by atoms with E-state index in [2.05, 4.69) is 5.32 Å². The first-order valence-corrected chi connectivity index (χ1v) is 4.76. The molecule has 0 fully saturated rings. The molecule has 0 saturated carbocycles. The molecule has 0 heterocycles. The summed E-state index contributed by atoms with van der Waals surface area (Å²) >= 11 is 0. The molecular formula is C7H14IK2NO4S. The molecule has 0 atom stereocenters. The van der Waals surface area contributed by atoms with Crippen molar-refractivity contribution in [1.82, 2.24) is 0 Å². The maximum atomic E-state index is 8.74. The second kappa shape index (κ2) is 15.9. The van der Waals surface area contributed by atoms with E-state index in [-0.39, 0.29) is 127 Å². The molecular weight excluding hydrogens is 399 g/mol. The average molecular weight is 413 g/mol. The van der Waals surface area contributed by atoms with Gasteiger partial charge in [0.15, 0.2) is 0 Å². The Bertz CT molecular complexity index is 327. The van der Waals surface area contributed by atoms with E-state index >= 15 is 0 Å². The van der Waals surface area contributed by atoms with Crippen LogP contribution in [-0.2, 0) is 10.4 Å². The van der Waals surface area contributed by atoms with Crippen LogP contribution < -0.4 is 5.32 Å². The zero-order valence-electron chi connectivity index (χ0n) is 7.41. The van der Waals surface area contributed by atoms with E-state index in [9.17, 15) is 0 Å². The number of rotatable bonds is 1. The molecule has 9 heteroatoms. The summed E-state index contributed by atoms with van der Waals surface area (Å²) in [4.78, 5) is 0. The van der Waals surface area contributed by atoms with Gasteiger partial charge in [0.1, 0.15) is 0 Å². The summed E-state index contributed by atoms with van der Waals surface area (Å²) in [5.41, 5.74) is 1.16. The average Bonchev–Trinajstić information content (AvgIpc) is 2.03. The van der Waals surface area contributed by atoms with Crippen molar-refractivity contribution in [3.63, 3.8) is 0 Å². The van der Waals surface area contributed by atoms with E-state index in [0.29, 0.717) is 0 Å². The van der Waals surface area contributed by atoms with Gasteiger partial charge in [-0.3, -0.25) is 9.11 Å². The molecule has 16 heavy (non-hydrogen) atoms. The van der Waals surface area contributed by atoms with Crippen LogP contribution in [0.1, 0.15) is 0 Å². The first kappa shape index (κ1) is 27.3. The Hall–Kier alpha value is 2.89. The van der Waals surface area contributed by atoms with Gasteiger partial charge in [-0.15, -0.1) is 24.0 Å². The molecule has 0 radical (unpaired) electrons. The predicted molar refractivity (Wildman–Crippen MR) is 79.9 cm³/mol. The normalized spacial score (nSPS) is 7.94. The quantitative estimate of drug-likeness (QED) is 0.353. The van der Waals surface area contributed by atoms with Crippen molar-refractivity contribution in [3.05, 3.63) is 30.3 Å². The van der Waals surface area contributed by atoms with Gasteiger partial charge in [-0.25, -0.2) is 0 Å². The first-order chi connectivity index (χ1) is 5.93. The molecule has 1 rings (SSSR count). The van der Waals surface area contributed by atoms with Crippen LogP contribution in [0.3, 0.4) is 0 Å². The van der Waals surface area contributed by atoms with Crippen LogP contribution in [0.4, 0.5) is 5.69 Å². The van der Waals surface area contributed by atoms with E-state index in [1.54, 1.807) is 0 Å². The monoisotopic (exact) mass is 413 g/mol. The van der Waals surface area contributed by atoms with Gasteiger partial charge in [-0.05, 0) is 12.1 Å². The minimum absolute atomic E-state index is 0. The fourth-order valence-electron chi connectivity index (χ4n) is 0.605. The fraction of sp³-hybridized carbons (Fsp3) is 0.143. The Balaban J connectivity index is -0.0000000818. The predicted octanol–water partition coefficient (Wildman–Crippen LogP) is 0.397. The topological polar surface area (TPSA) is 86.6 Å². The third-order valence-electron chi connectivity index (χ3n) is 1.06. The van der Waals surface area contributed by atoms with Gasteiger partial charge in [0, 0.05) is 12.7 Å². The first-order valence-electron chi connectivity index (χ1n) is 3.36. The molecule has 1 aromatic carbocycles. The number of para-hydroxylation sites is 1. The van der Waals surface area contributed by atoms with Gasteiger partial charge in [0.05, 0.1) is 0 Å². The summed E-state index contributed by atoms with van der Waals surface area (Å²) in [7, 11) is -2.75. The Kier molecular flexibility index (Phi) is 27.2. The van der Waals surface area contributed by atoms with Crippen LogP contribution in [0.2, 0.25) is 0 Å². The van der Waals surface area contributed by atoms with Crippen molar-refractivity contribution in [2.24, 2.45) is 0 Å². The summed E-state index contributed by atoms with van der Waals surface area (Å²) in [6.45, 7) is 0. The zero-order valence-corrected chi connectivity index (χ0v) is 10.6. The van der Waals surface area contributed by atoms with Gasteiger partial charge in [-0.2, -0.15) is 8.42 Å². The standard InChI is InChI=1S/C7H9N.HI.2K.H2O4S.2H/c1-8-7-5-3-2-4-6-7;;;;1-5(2,3)4;;/h2-6,8H,1H3;1H;;;(H2,1,2,3,4);;. The number of anilines is 1. The summed E-state index contributed by atoms with van der Waals surface area (Å²) < 4.78 is 31.6. The summed E-state index contributed by atoms with van der Waals surface area (Å²) in [5, 5.41) is 3.03. The molecule has 0 aromatic heterocycles. The van der Waals surface area contributed by atoms with Crippen LogP contribution in [0.15, 0.2) is 30.3 Å². The molecule has 0 bridgehead atoms. The Labute approximate surface area is 198 Å². The van der Waals surface area contributed by atoms with Crippen LogP contribution >= 0.6 is 24.0 Å². The summed E-state index contributed by atoms with van der Waals surface area (Å²) in [6.07, 6.45) is 0. The van der Waals surface area contributed by atoms with Crippen LogP contribution in [0.5, 0.6) is 0 Å². The second-order valence-electron chi connectivity index (χ2n) is 2.06. The van der Waals surface area contributed by atoms with Gasteiger partial charge >= 0.3 is 113 Å². The Morgan fingerprint density at radius 1 is 1.06 bits per heavy atom.